The topological polar surface area (TPSA) is 72.5 Å². The summed E-state index contributed by atoms with van der Waals surface area (Å²) in [5.74, 6) is -3.48. The number of carbonyl (C=O) groups is 3. The zero-order chi connectivity index (χ0) is 20.2. The first-order valence-corrected chi connectivity index (χ1v) is 8.92. The molecule has 0 radical (unpaired) electrons. The molecule has 1 heterocycles. The van der Waals surface area contributed by atoms with Gasteiger partial charge >= 0.3 is 5.97 Å². The highest BCUT2D eigenvalue weighted by Gasteiger charge is 2.21. The van der Waals surface area contributed by atoms with Gasteiger partial charge in [-0.1, -0.05) is 20.8 Å². The van der Waals surface area contributed by atoms with E-state index in [9.17, 15) is 23.2 Å². The third-order valence-corrected chi connectivity index (χ3v) is 4.65. The molecule has 2 aromatic rings. The largest absolute Gasteiger partial charge is 0.454 e. The van der Waals surface area contributed by atoms with E-state index in [2.05, 4.69) is 5.32 Å². The Morgan fingerprint density at radius 3 is 2.44 bits per heavy atom. The van der Waals surface area contributed by atoms with E-state index in [1.807, 2.05) is 0 Å². The van der Waals surface area contributed by atoms with Crippen molar-refractivity contribution in [1.29, 1.82) is 0 Å². The second kappa shape index (κ2) is 8.39. The SMILES string of the molecule is CC(C)(C)C(=O)NCc1ccc(C(=O)COC(=O)c2ccc(F)cc2F)s1. The third kappa shape index (κ3) is 5.68. The van der Waals surface area contributed by atoms with Crippen LogP contribution in [0.2, 0.25) is 0 Å². The van der Waals surface area contributed by atoms with Crippen LogP contribution in [0.1, 0.15) is 45.7 Å². The van der Waals surface area contributed by atoms with E-state index in [-0.39, 0.29) is 12.5 Å². The number of esters is 1. The summed E-state index contributed by atoms with van der Waals surface area (Å²) >= 11 is 1.17. The Hall–Kier alpha value is -2.61. The molecule has 2 rings (SSSR count). The van der Waals surface area contributed by atoms with Crippen LogP contribution in [-0.2, 0) is 16.1 Å². The fourth-order valence-electron chi connectivity index (χ4n) is 1.99. The molecule has 1 aromatic heterocycles. The number of rotatable bonds is 6. The Balaban J connectivity index is 1.90. The average Bonchev–Trinajstić information content (AvgIpc) is 3.05. The summed E-state index contributed by atoms with van der Waals surface area (Å²) in [6.45, 7) is 5.11. The molecule has 0 aliphatic heterocycles. The quantitative estimate of drug-likeness (QED) is 0.598. The van der Waals surface area contributed by atoms with E-state index >= 15 is 0 Å². The predicted molar refractivity (Wildman–Crippen MR) is 96.6 cm³/mol. The molecule has 0 aliphatic carbocycles. The van der Waals surface area contributed by atoms with Gasteiger partial charge in [0.15, 0.2) is 6.61 Å². The number of thiophene rings is 1. The van der Waals surface area contributed by atoms with Crippen molar-refractivity contribution in [3.63, 3.8) is 0 Å². The Morgan fingerprint density at radius 1 is 1.11 bits per heavy atom. The van der Waals surface area contributed by atoms with Crippen LogP contribution in [0.5, 0.6) is 0 Å². The van der Waals surface area contributed by atoms with E-state index in [1.165, 1.54) is 11.3 Å². The van der Waals surface area contributed by atoms with Crippen LogP contribution in [0, 0.1) is 17.0 Å². The maximum atomic E-state index is 13.5. The fourth-order valence-corrected chi connectivity index (χ4v) is 2.86. The van der Waals surface area contributed by atoms with Crippen molar-refractivity contribution in [1.82, 2.24) is 5.32 Å². The lowest BCUT2D eigenvalue weighted by Gasteiger charge is -2.17. The van der Waals surface area contributed by atoms with Crippen molar-refractivity contribution < 1.29 is 27.9 Å². The summed E-state index contributed by atoms with van der Waals surface area (Å²) in [5, 5.41) is 2.78. The Kier molecular flexibility index (Phi) is 6.43. The minimum absolute atomic E-state index is 0.112. The summed E-state index contributed by atoms with van der Waals surface area (Å²) in [6, 6.07) is 5.72. The summed E-state index contributed by atoms with van der Waals surface area (Å²) in [4.78, 5) is 36.9. The molecule has 1 N–H and O–H groups in total. The molecule has 0 saturated carbocycles. The van der Waals surface area contributed by atoms with Gasteiger partial charge in [-0.2, -0.15) is 0 Å². The molecule has 8 heteroatoms. The number of amides is 1. The van der Waals surface area contributed by atoms with Crippen LogP contribution in [0.3, 0.4) is 0 Å². The molecule has 1 amide bonds. The minimum Gasteiger partial charge on any atom is -0.454 e. The summed E-state index contributed by atoms with van der Waals surface area (Å²) < 4.78 is 31.2. The van der Waals surface area contributed by atoms with Gasteiger partial charge in [-0.05, 0) is 24.3 Å². The van der Waals surface area contributed by atoms with E-state index in [1.54, 1.807) is 32.9 Å². The summed E-state index contributed by atoms with van der Waals surface area (Å²) in [5.41, 5.74) is -0.958. The average molecular weight is 395 g/mol. The first-order chi connectivity index (χ1) is 12.6. The van der Waals surface area contributed by atoms with Gasteiger partial charge < -0.3 is 10.1 Å². The number of ether oxygens (including phenoxy) is 1. The Bertz CT molecular complexity index is 871. The van der Waals surface area contributed by atoms with Crippen LogP contribution in [0.15, 0.2) is 30.3 Å². The van der Waals surface area contributed by atoms with Gasteiger partial charge in [-0.3, -0.25) is 9.59 Å². The Morgan fingerprint density at radius 2 is 1.81 bits per heavy atom. The van der Waals surface area contributed by atoms with Gasteiger partial charge in [0.25, 0.3) is 0 Å². The molecule has 5 nitrogen and oxygen atoms in total. The minimum atomic E-state index is -1.06. The highest BCUT2D eigenvalue weighted by atomic mass is 32.1. The van der Waals surface area contributed by atoms with E-state index in [0.29, 0.717) is 10.9 Å². The number of hydrogen-bond acceptors (Lipinski definition) is 5. The summed E-state index contributed by atoms with van der Waals surface area (Å²) in [7, 11) is 0. The summed E-state index contributed by atoms with van der Waals surface area (Å²) in [6.07, 6.45) is 0. The molecule has 144 valence electrons. The smallest absolute Gasteiger partial charge is 0.341 e. The fraction of sp³-hybridized carbons (Fsp3) is 0.316. The van der Waals surface area contributed by atoms with Crippen LogP contribution < -0.4 is 5.32 Å². The first kappa shape index (κ1) is 20.7. The highest BCUT2D eigenvalue weighted by Crippen LogP contribution is 2.19. The van der Waals surface area contributed by atoms with Crippen molar-refractivity contribution in [3.05, 3.63) is 57.3 Å². The molecule has 27 heavy (non-hydrogen) atoms. The van der Waals surface area contributed by atoms with Crippen molar-refractivity contribution in [2.45, 2.75) is 27.3 Å². The molecular weight excluding hydrogens is 376 g/mol. The predicted octanol–water partition coefficient (Wildman–Crippen LogP) is 3.73. The van der Waals surface area contributed by atoms with Gasteiger partial charge in [0.05, 0.1) is 17.0 Å². The van der Waals surface area contributed by atoms with Gasteiger partial charge in [0, 0.05) is 16.4 Å². The van der Waals surface area contributed by atoms with Crippen LogP contribution in [-0.4, -0.2) is 24.3 Å². The van der Waals surface area contributed by atoms with Crippen LogP contribution >= 0.6 is 11.3 Å². The number of benzene rings is 1. The number of Topliss-reactive ketones (excluding diaryl/α,β-unsaturated/α-hetero) is 1. The van der Waals surface area contributed by atoms with E-state index < -0.39 is 41.0 Å². The van der Waals surface area contributed by atoms with Gasteiger partial charge in [-0.25, -0.2) is 13.6 Å². The monoisotopic (exact) mass is 395 g/mol. The van der Waals surface area contributed by atoms with Crippen molar-refractivity contribution in [2.24, 2.45) is 5.41 Å². The number of halogens is 2. The van der Waals surface area contributed by atoms with E-state index in [4.69, 9.17) is 4.74 Å². The lowest BCUT2D eigenvalue weighted by molar-refractivity contribution is -0.128. The first-order valence-electron chi connectivity index (χ1n) is 8.10. The standard InChI is InChI=1S/C19H19F2NO4S/c1-19(2,3)18(25)22-9-12-5-7-16(27-12)15(23)10-26-17(24)13-6-4-11(20)8-14(13)21/h4-8H,9-10H2,1-3H3,(H,22,25). The maximum absolute atomic E-state index is 13.5. The van der Waals surface area contributed by atoms with Crippen molar-refractivity contribution >= 4 is 29.0 Å². The molecule has 0 spiro atoms. The van der Waals surface area contributed by atoms with Gasteiger partial charge in [-0.15, -0.1) is 11.3 Å². The normalized spacial score (nSPS) is 11.1. The van der Waals surface area contributed by atoms with Crippen LogP contribution in [0.4, 0.5) is 8.78 Å². The molecule has 0 saturated heterocycles. The zero-order valence-corrected chi connectivity index (χ0v) is 15.9. The maximum Gasteiger partial charge on any atom is 0.341 e. The van der Waals surface area contributed by atoms with E-state index in [0.717, 1.165) is 17.0 Å². The molecule has 1 aromatic carbocycles. The Labute approximate surface area is 159 Å². The van der Waals surface area contributed by atoms with Crippen molar-refractivity contribution in [3.8, 4) is 0 Å². The second-order valence-corrected chi connectivity index (χ2v) is 7.99. The number of nitrogens with one attached hydrogen (secondary N) is 1. The van der Waals surface area contributed by atoms with Gasteiger partial charge in [0.2, 0.25) is 11.7 Å². The number of hydrogen-bond donors (Lipinski definition) is 1. The lowest BCUT2D eigenvalue weighted by atomic mass is 9.96. The molecule has 0 atom stereocenters. The lowest BCUT2D eigenvalue weighted by Crippen LogP contribution is -2.34. The van der Waals surface area contributed by atoms with Crippen LogP contribution in [0.25, 0.3) is 0 Å². The van der Waals surface area contributed by atoms with Gasteiger partial charge in [0.1, 0.15) is 11.6 Å². The zero-order valence-electron chi connectivity index (χ0n) is 15.1. The number of carbonyl (C=O) groups excluding carboxylic acids is 3. The van der Waals surface area contributed by atoms with Crippen molar-refractivity contribution in [2.75, 3.05) is 6.61 Å². The molecule has 0 unspecified atom stereocenters. The highest BCUT2D eigenvalue weighted by molar-refractivity contribution is 7.14. The molecule has 0 fully saturated rings. The third-order valence-electron chi connectivity index (χ3n) is 3.53. The number of ketones is 1. The molecular formula is C19H19F2NO4S. The second-order valence-electron chi connectivity index (χ2n) is 6.82. The molecule has 0 aliphatic rings. The molecule has 0 bridgehead atoms.